The van der Waals surface area contributed by atoms with E-state index in [9.17, 15) is 9.59 Å². The summed E-state index contributed by atoms with van der Waals surface area (Å²) in [6.07, 6.45) is 0.705. The zero-order chi connectivity index (χ0) is 10.1. The van der Waals surface area contributed by atoms with Crippen LogP contribution in [0.2, 0.25) is 0 Å². The first kappa shape index (κ1) is 9.21. The minimum absolute atomic E-state index is 0.0838. The zero-order valence-corrected chi connectivity index (χ0v) is 8.74. The van der Waals surface area contributed by atoms with E-state index >= 15 is 0 Å². The SMILES string of the molecule is O=CCn1c(=O)[nH]c2cc(Br)ccc21. The fourth-order valence-electron chi connectivity index (χ4n) is 1.39. The number of hydrogen-bond acceptors (Lipinski definition) is 2. The van der Waals surface area contributed by atoms with E-state index < -0.39 is 0 Å². The predicted molar refractivity (Wildman–Crippen MR) is 56.3 cm³/mol. The number of halogens is 1. The molecule has 0 fully saturated rings. The average molecular weight is 255 g/mol. The van der Waals surface area contributed by atoms with Crippen LogP contribution in [0.1, 0.15) is 0 Å². The van der Waals surface area contributed by atoms with E-state index in [1.165, 1.54) is 4.57 Å². The summed E-state index contributed by atoms with van der Waals surface area (Å²) in [6.45, 7) is 0.0838. The molecule has 0 saturated heterocycles. The second-order valence-electron chi connectivity index (χ2n) is 2.87. The molecule has 0 atom stereocenters. The van der Waals surface area contributed by atoms with Crippen LogP contribution in [0.5, 0.6) is 0 Å². The topological polar surface area (TPSA) is 54.9 Å². The first-order chi connectivity index (χ1) is 6.72. The molecule has 2 rings (SSSR count). The molecule has 0 amide bonds. The Morgan fingerprint density at radius 2 is 2.29 bits per heavy atom. The highest BCUT2D eigenvalue weighted by atomic mass is 79.9. The molecule has 4 nitrogen and oxygen atoms in total. The molecule has 0 saturated carbocycles. The molecule has 0 radical (unpaired) electrons. The molecule has 1 aromatic heterocycles. The van der Waals surface area contributed by atoms with Crippen molar-refractivity contribution < 1.29 is 4.79 Å². The number of fused-ring (bicyclic) bond motifs is 1. The van der Waals surface area contributed by atoms with Crippen LogP contribution in [0.15, 0.2) is 27.5 Å². The first-order valence-corrected chi connectivity index (χ1v) is 4.83. The largest absolute Gasteiger partial charge is 0.326 e. The molecule has 0 spiro atoms. The van der Waals surface area contributed by atoms with Crippen molar-refractivity contribution in [2.24, 2.45) is 0 Å². The lowest BCUT2D eigenvalue weighted by molar-refractivity contribution is -0.108. The van der Waals surface area contributed by atoms with Gasteiger partial charge in [-0.15, -0.1) is 0 Å². The number of nitrogens with one attached hydrogen (secondary N) is 1. The van der Waals surface area contributed by atoms with Crippen molar-refractivity contribution in [1.82, 2.24) is 9.55 Å². The van der Waals surface area contributed by atoms with E-state index in [4.69, 9.17) is 0 Å². The maximum atomic E-state index is 11.4. The lowest BCUT2D eigenvalue weighted by atomic mass is 10.3. The van der Waals surface area contributed by atoms with E-state index in [-0.39, 0.29) is 12.2 Å². The predicted octanol–water partition coefficient (Wildman–Crippen LogP) is 1.29. The number of carbonyl (C=O) groups excluding carboxylic acids is 1. The van der Waals surface area contributed by atoms with Gasteiger partial charge in [-0.25, -0.2) is 4.79 Å². The summed E-state index contributed by atoms with van der Waals surface area (Å²) in [7, 11) is 0. The molecule has 0 aliphatic heterocycles. The Morgan fingerprint density at radius 1 is 1.50 bits per heavy atom. The minimum atomic E-state index is -0.259. The van der Waals surface area contributed by atoms with Crippen LogP contribution in [-0.4, -0.2) is 15.8 Å². The third kappa shape index (κ3) is 1.39. The summed E-state index contributed by atoms with van der Waals surface area (Å²) >= 11 is 3.30. The van der Waals surface area contributed by atoms with Gasteiger partial charge in [0.05, 0.1) is 17.6 Å². The van der Waals surface area contributed by atoms with E-state index in [2.05, 4.69) is 20.9 Å². The molecule has 0 bridgehead atoms. The summed E-state index contributed by atoms with van der Waals surface area (Å²) in [5, 5.41) is 0. The number of nitrogens with zero attached hydrogens (tertiary/aromatic N) is 1. The molecule has 1 aromatic carbocycles. The number of rotatable bonds is 2. The molecule has 5 heteroatoms. The molecule has 1 heterocycles. The molecular formula is C9H7BrN2O2. The number of imidazole rings is 1. The quantitative estimate of drug-likeness (QED) is 0.822. The highest BCUT2D eigenvalue weighted by Crippen LogP contribution is 2.16. The second kappa shape index (κ2) is 3.42. The number of hydrogen-bond donors (Lipinski definition) is 1. The molecule has 0 aliphatic carbocycles. The normalized spacial score (nSPS) is 10.6. The van der Waals surface area contributed by atoms with Crippen molar-refractivity contribution in [2.75, 3.05) is 0 Å². The molecule has 0 aliphatic rings. The van der Waals surface area contributed by atoms with Gasteiger partial charge in [0.2, 0.25) is 0 Å². The smallest absolute Gasteiger partial charge is 0.305 e. The summed E-state index contributed by atoms with van der Waals surface area (Å²) in [4.78, 5) is 24.4. The summed E-state index contributed by atoms with van der Waals surface area (Å²) < 4.78 is 2.29. The average Bonchev–Trinajstić information content (AvgIpc) is 2.43. The Labute approximate surface area is 87.7 Å². The number of carbonyl (C=O) groups is 1. The highest BCUT2D eigenvalue weighted by Gasteiger charge is 2.05. The molecule has 72 valence electrons. The Morgan fingerprint density at radius 3 is 3.00 bits per heavy atom. The first-order valence-electron chi connectivity index (χ1n) is 4.04. The van der Waals surface area contributed by atoms with Crippen molar-refractivity contribution in [3.8, 4) is 0 Å². The molecule has 14 heavy (non-hydrogen) atoms. The van der Waals surface area contributed by atoms with Gasteiger partial charge in [0.1, 0.15) is 6.29 Å². The molecule has 2 aromatic rings. The third-order valence-corrected chi connectivity index (χ3v) is 2.49. The van der Waals surface area contributed by atoms with Crippen molar-refractivity contribution in [3.63, 3.8) is 0 Å². The molecule has 0 unspecified atom stereocenters. The van der Waals surface area contributed by atoms with Crippen LogP contribution in [0.3, 0.4) is 0 Å². The molecular weight excluding hydrogens is 248 g/mol. The van der Waals surface area contributed by atoms with Crippen LogP contribution >= 0.6 is 15.9 Å². The van der Waals surface area contributed by atoms with Gasteiger partial charge in [-0.2, -0.15) is 0 Å². The van der Waals surface area contributed by atoms with E-state index in [0.717, 1.165) is 15.5 Å². The Hall–Kier alpha value is -1.36. The number of benzene rings is 1. The van der Waals surface area contributed by atoms with Crippen LogP contribution in [-0.2, 0) is 11.3 Å². The van der Waals surface area contributed by atoms with Gasteiger partial charge in [0.25, 0.3) is 0 Å². The lowest BCUT2D eigenvalue weighted by Crippen LogP contribution is -2.17. The van der Waals surface area contributed by atoms with Crippen molar-refractivity contribution >= 4 is 33.2 Å². The Balaban J connectivity index is 2.76. The van der Waals surface area contributed by atoms with Gasteiger partial charge in [-0.1, -0.05) is 15.9 Å². The fraction of sp³-hybridized carbons (Fsp3) is 0.111. The maximum absolute atomic E-state index is 11.4. The van der Waals surface area contributed by atoms with Gasteiger partial charge in [-0.3, -0.25) is 4.57 Å². The van der Waals surface area contributed by atoms with E-state index in [1.54, 1.807) is 12.1 Å². The maximum Gasteiger partial charge on any atom is 0.326 e. The molecule has 1 N–H and O–H groups in total. The van der Waals surface area contributed by atoms with Crippen LogP contribution in [0, 0.1) is 0 Å². The number of H-pyrrole nitrogens is 1. The van der Waals surface area contributed by atoms with E-state index in [0.29, 0.717) is 6.29 Å². The van der Waals surface area contributed by atoms with Gasteiger partial charge >= 0.3 is 5.69 Å². The van der Waals surface area contributed by atoms with Crippen molar-refractivity contribution in [1.29, 1.82) is 0 Å². The zero-order valence-electron chi connectivity index (χ0n) is 7.16. The highest BCUT2D eigenvalue weighted by molar-refractivity contribution is 9.10. The van der Waals surface area contributed by atoms with Crippen molar-refractivity contribution in [3.05, 3.63) is 33.2 Å². The standard InChI is InChI=1S/C9H7BrN2O2/c10-6-1-2-8-7(5-6)11-9(14)12(8)3-4-13/h1-2,4-5H,3H2,(H,11,14). The summed E-state index contributed by atoms with van der Waals surface area (Å²) in [5.74, 6) is 0. The van der Waals surface area contributed by atoms with Gasteiger partial charge in [0, 0.05) is 4.47 Å². The van der Waals surface area contributed by atoms with E-state index in [1.807, 2.05) is 6.07 Å². The second-order valence-corrected chi connectivity index (χ2v) is 3.78. The third-order valence-electron chi connectivity index (χ3n) is 1.99. The van der Waals surface area contributed by atoms with Gasteiger partial charge in [-0.05, 0) is 18.2 Å². The van der Waals surface area contributed by atoms with Crippen LogP contribution in [0.4, 0.5) is 0 Å². The number of aldehydes is 1. The van der Waals surface area contributed by atoms with Gasteiger partial charge < -0.3 is 9.78 Å². The minimum Gasteiger partial charge on any atom is -0.305 e. The monoisotopic (exact) mass is 254 g/mol. The fourth-order valence-corrected chi connectivity index (χ4v) is 1.75. The summed E-state index contributed by atoms with van der Waals surface area (Å²) in [5.41, 5.74) is 1.21. The van der Waals surface area contributed by atoms with Crippen molar-refractivity contribution in [2.45, 2.75) is 6.54 Å². The van der Waals surface area contributed by atoms with Crippen LogP contribution in [0.25, 0.3) is 11.0 Å². The Bertz CT molecular complexity index is 541. The van der Waals surface area contributed by atoms with Gasteiger partial charge in [0.15, 0.2) is 0 Å². The van der Waals surface area contributed by atoms with Crippen LogP contribution < -0.4 is 5.69 Å². The Kier molecular flexibility index (Phi) is 2.25. The number of aromatic amines is 1. The number of aromatic nitrogens is 2. The lowest BCUT2D eigenvalue weighted by Gasteiger charge is -1.96. The summed E-state index contributed by atoms with van der Waals surface area (Å²) in [6, 6.07) is 5.43.